The number of amides is 1. The van der Waals surface area contributed by atoms with Crippen LogP contribution in [0.3, 0.4) is 0 Å². The molecule has 0 unspecified atom stereocenters. The molecule has 0 spiro atoms. The molecule has 0 bridgehead atoms. The summed E-state index contributed by atoms with van der Waals surface area (Å²) in [4.78, 5) is 11.9. The van der Waals surface area contributed by atoms with Gasteiger partial charge >= 0.3 is 6.18 Å². The van der Waals surface area contributed by atoms with Crippen molar-refractivity contribution in [3.63, 3.8) is 0 Å². The first-order chi connectivity index (χ1) is 15.4. The van der Waals surface area contributed by atoms with E-state index in [2.05, 4.69) is 10.0 Å². The van der Waals surface area contributed by atoms with Gasteiger partial charge < -0.3 is 10.1 Å². The molecule has 33 heavy (non-hydrogen) atoms. The Kier molecular flexibility index (Phi) is 7.13. The van der Waals surface area contributed by atoms with Gasteiger partial charge in [-0.15, -0.1) is 0 Å². The summed E-state index contributed by atoms with van der Waals surface area (Å²) in [7, 11) is -3.95. The molecule has 0 aliphatic heterocycles. The zero-order chi connectivity index (χ0) is 24.2. The number of ether oxygens (including phenoxy) is 1. The van der Waals surface area contributed by atoms with Crippen LogP contribution in [0.2, 0.25) is 5.02 Å². The average molecular weight is 503 g/mol. The van der Waals surface area contributed by atoms with Crippen molar-refractivity contribution in [3.05, 3.63) is 83.1 Å². The molecule has 0 heterocycles. The number of benzene rings is 3. The Bertz CT molecular complexity index is 1250. The second-order valence-electron chi connectivity index (χ2n) is 6.61. The molecule has 0 saturated heterocycles. The monoisotopic (exact) mass is 502 g/mol. The van der Waals surface area contributed by atoms with Crippen molar-refractivity contribution in [1.82, 2.24) is 0 Å². The Labute approximate surface area is 191 Å². The fraction of sp³-hybridized carbons (Fsp3) is 0.0952. The summed E-state index contributed by atoms with van der Waals surface area (Å²) in [6, 6.07) is 12.3. The minimum absolute atomic E-state index is 0.0837. The van der Waals surface area contributed by atoms with Crippen molar-refractivity contribution in [2.24, 2.45) is 0 Å². The van der Waals surface area contributed by atoms with E-state index >= 15 is 0 Å². The quantitative estimate of drug-likeness (QED) is 0.428. The summed E-state index contributed by atoms with van der Waals surface area (Å²) < 4.78 is 83.7. The Hall–Kier alpha value is -3.31. The van der Waals surface area contributed by atoms with Crippen LogP contribution in [0.25, 0.3) is 0 Å². The van der Waals surface area contributed by atoms with Gasteiger partial charge in [0.2, 0.25) is 0 Å². The second-order valence-corrected chi connectivity index (χ2v) is 8.70. The molecular formula is C21H15ClF4N2O4S. The largest absolute Gasteiger partial charge is 0.484 e. The highest BCUT2D eigenvalue weighted by Crippen LogP contribution is 2.33. The number of rotatable bonds is 7. The maximum absolute atomic E-state index is 13.0. The van der Waals surface area contributed by atoms with Gasteiger partial charge in [0.25, 0.3) is 15.9 Å². The van der Waals surface area contributed by atoms with Gasteiger partial charge in [-0.3, -0.25) is 9.52 Å². The number of nitrogens with one attached hydrogen (secondary N) is 2. The average Bonchev–Trinajstić information content (AvgIpc) is 2.75. The van der Waals surface area contributed by atoms with Crippen LogP contribution in [0.1, 0.15) is 5.56 Å². The van der Waals surface area contributed by atoms with Crippen molar-refractivity contribution < 1.29 is 35.5 Å². The predicted octanol–water partition coefficient (Wildman–Crippen LogP) is 5.32. The van der Waals surface area contributed by atoms with Gasteiger partial charge in [0.05, 0.1) is 21.2 Å². The molecular weight excluding hydrogens is 488 g/mol. The van der Waals surface area contributed by atoms with E-state index < -0.39 is 40.1 Å². The van der Waals surface area contributed by atoms with Gasteiger partial charge in [-0.1, -0.05) is 11.6 Å². The third kappa shape index (κ3) is 6.59. The number of hydrogen-bond acceptors (Lipinski definition) is 4. The molecule has 12 heteroatoms. The highest BCUT2D eigenvalue weighted by molar-refractivity contribution is 7.92. The van der Waals surface area contributed by atoms with Crippen molar-refractivity contribution >= 4 is 38.9 Å². The maximum atomic E-state index is 13.0. The van der Waals surface area contributed by atoms with Gasteiger partial charge in [0.15, 0.2) is 6.61 Å². The van der Waals surface area contributed by atoms with Gasteiger partial charge in [-0.2, -0.15) is 13.2 Å². The minimum Gasteiger partial charge on any atom is -0.484 e. The fourth-order valence-electron chi connectivity index (χ4n) is 2.58. The van der Waals surface area contributed by atoms with Crippen LogP contribution in [0, 0.1) is 5.82 Å². The standard InChI is InChI=1S/C21H15ClF4N2O4S/c22-18-10-1-13(21(24,25)26)11-19(18)27-20(29)12-32-16-6-8-17(9-7-16)33(30,31)28-15-4-2-14(23)3-5-15/h1-11,28H,12H2,(H,27,29). The Morgan fingerprint density at radius 1 is 0.970 bits per heavy atom. The molecule has 3 aromatic carbocycles. The number of carbonyl (C=O) groups is 1. The first-order valence-electron chi connectivity index (χ1n) is 9.12. The second kappa shape index (κ2) is 9.67. The molecule has 0 atom stereocenters. The van der Waals surface area contributed by atoms with E-state index in [9.17, 15) is 30.8 Å². The maximum Gasteiger partial charge on any atom is 0.416 e. The number of carbonyl (C=O) groups excluding carboxylic acids is 1. The van der Waals surface area contributed by atoms with Crippen LogP contribution in [-0.2, 0) is 21.0 Å². The van der Waals surface area contributed by atoms with Crippen molar-refractivity contribution in [1.29, 1.82) is 0 Å². The molecule has 3 rings (SSSR count). The number of alkyl halides is 3. The van der Waals surface area contributed by atoms with E-state index in [1.54, 1.807) is 0 Å². The van der Waals surface area contributed by atoms with Crippen LogP contribution in [0.15, 0.2) is 71.6 Å². The molecule has 2 N–H and O–H groups in total. The Morgan fingerprint density at radius 3 is 2.21 bits per heavy atom. The summed E-state index contributed by atoms with van der Waals surface area (Å²) in [5.41, 5.74) is -1.04. The summed E-state index contributed by atoms with van der Waals surface area (Å²) in [6.45, 7) is -0.563. The topological polar surface area (TPSA) is 84.5 Å². The lowest BCUT2D eigenvalue weighted by atomic mass is 10.2. The lowest BCUT2D eigenvalue weighted by molar-refractivity contribution is -0.137. The molecule has 0 radical (unpaired) electrons. The van der Waals surface area contributed by atoms with Crippen LogP contribution in [-0.4, -0.2) is 20.9 Å². The van der Waals surface area contributed by atoms with E-state index in [-0.39, 0.29) is 27.0 Å². The highest BCUT2D eigenvalue weighted by atomic mass is 35.5. The molecule has 0 aliphatic rings. The van der Waals surface area contributed by atoms with E-state index in [4.69, 9.17) is 16.3 Å². The first-order valence-corrected chi connectivity index (χ1v) is 11.0. The van der Waals surface area contributed by atoms with E-state index in [1.807, 2.05) is 0 Å². The smallest absolute Gasteiger partial charge is 0.416 e. The molecule has 6 nitrogen and oxygen atoms in total. The third-order valence-corrected chi connectivity index (χ3v) is 5.89. The van der Waals surface area contributed by atoms with E-state index in [0.29, 0.717) is 6.07 Å². The van der Waals surface area contributed by atoms with Gasteiger partial charge in [-0.05, 0) is 66.7 Å². The zero-order valence-corrected chi connectivity index (χ0v) is 18.1. The summed E-state index contributed by atoms with van der Waals surface area (Å²) in [5, 5.41) is 2.15. The summed E-state index contributed by atoms with van der Waals surface area (Å²) in [6.07, 6.45) is -4.60. The summed E-state index contributed by atoms with van der Waals surface area (Å²) >= 11 is 5.83. The van der Waals surface area contributed by atoms with Crippen molar-refractivity contribution in [3.8, 4) is 5.75 Å². The van der Waals surface area contributed by atoms with E-state index in [1.165, 1.54) is 36.4 Å². The Morgan fingerprint density at radius 2 is 1.61 bits per heavy atom. The van der Waals surface area contributed by atoms with E-state index in [0.717, 1.165) is 24.3 Å². The number of halogens is 5. The lowest BCUT2D eigenvalue weighted by Gasteiger charge is -2.12. The molecule has 3 aromatic rings. The molecule has 0 fully saturated rings. The number of anilines is 2. The molecule has 0 aromatic heterocycles. The number of sulfonamides is 1. The van der Waals surface area contributed by atoms with Crippen molar-refractivity contribution in [2.75, 3.05) is 16.6 Å². The minimum atomic E-state index is -4.60. The van der Waals surface area contributed by atoms with Crippen LogP contribution in [0.5, 0.6) is 5.75 Å². The SMILES string of the molecule is O=C(COc1ccc(S(=O)(=O)Nc2ccc(F)cc2)cc1)Nc1cc(C(F)(F)F)ccc1Cl. The Balaban J connectivity index is 1.60. The molecule has 174 valence electrons. The molecule has 0 saturated carbocycles. The first kappa shape index (κ1) is 24.3. The predicted molar refractivity (Wildman–Crippen MR) is 114 cm³/mol. The molecule has 1 amide bonds. The van der Waals surface area contributed by atoms with Gasteiger partial charge in [0, 0.05) is 5.69 Å². The van der Waals surface area contributed by atoms with Gasteiger partial charge in [-0.25, -0.2) is 12.8 Å². The lowest BCUT2D eigenvalue weighted by Crippen LogP contribution is -2.21. The van der Waals surface area contributed by atoms with Gasteiger partial charge in [0.1, 0.15) is 11.6 Å². The van der Waals surface area contributed by atoms with Crippen LogP contribution >= 0.6 is 11.6 Å². The normalized spacial score (nSPS) is 11.7. The molecule has 0 aliphatic carbocycles. The zero-order valence-electron chi connectivity index (χ0n) is 16.5. The number of hydrogen-bond donors (Lipinski definition) is 2. The fourth-order valence-corrected chi connectivity index (χ4v) is 3.80. The third-order valence-electron chi connectivity index (χ3n) is 4.17. The van der Waals surface area contributed by atoms with Crippen LogP contribution in [0.4, 0.5) is 28.9 Å². The highest BCUT2D eigenvalue weighted by Gasteiger charge is 2.31. The summed E-state index contributed by atoms with van der Waals surface area (Å²) in [5.74, 6) is -1.15. The van der Waals surface area contributed by atoms with Crippen molar-refractivity contribution in [2.45, 2.75) is 11.1 Å². The van der Waals surface area contributed by atoms with Crippen LogP contribution < -0.4 is 14.8 Å².